The van der Waals surface area contributed by atoms with E-state index in [1.165, 1.54) is 18.4 Å². The minimum atomic E-state index is 0.270. The van der Waals surface area contributed by atoms with Gasteiger partial charge in [-0.15, -0.1) is 10.2 Å². The maximum absolute atomic E-state index is 5.95. The summed E-state index contributed by atoms with van der Waals surface area (Å²) in [5, 5.41) is 8.21. The van der Waals surface area contributed by atoms with Crippen LogP contribution in [-0.4, -0.2) is 38.9 Å². The highest BCUT2D eigenvalue weighted by molar-refractivity contribution is 5.28. The molecule has 136 valence electrons. The fourth-order valence-electron chi connectivity index (χ4n) is 3.39. The Morgan fingerprint density at radius 1 is 1.28 bits per heavy atom. The SMILES string of the molecule is CC[C@@H](C)Oc1cccc(CN2CCC(Cc3nncn3C)CC2)c1. The zero-order valence-corrected chi connectivity index (χ0v) is 15.7. The number of hydrogen-bond acceptors (Lipinski definition) is 4. The first kappa shape index (κ1) is 17.9. The van der Waals surface area contributed by atoms with E-state index in [0.29, 0.717) is 0 Å². The molecule has 5 nitrogen and oxygen atoms in total. The molecule has 1 aliphatic heterocycles. The van der Waals surface area contributed by atoms with E-state index in [-0.39, 0.29) is 6.10 Å². The van der Waals surface area contributed by atoms with Crippen molar-refractivity contribution in [3.8, 4) is 5.75 Å². The molecule has 0 bridgehead atoms. The molecule has 0 saturated carbocycles. The summed E-state index contributed by atoms with van der Waals surface area (Å²) in [5.74, 6) is 2.82. The Kier molecular flexibility index (Phi) is 6.08. The Morgan fingerprint density at radius 3 is 2.76 bits per heavy atom. The monoisotopic (exact) mass is 342 g/mol. The maximum Gasteiger partial charge on any atom is 0.132 e. The highest BCUT2D eigenvalue weighted by atomic mass is 16.5. The molecule has 0 aliphatic carbocycles. The second-order valence-corrected chi connectivity index (χ2v) is 7.27. The lowest BCUT2D eigenvalue weighted by Gasteiger charge is -2.31. The second-order valence-electron chi connectivity index (χ2n) is 7.27. The molecular weight excluding hydrogens is 312 g/mol. The van der Waals surface area contributed by atoms with Crippen molar-refractivity contribution in [2.75, 3.05) is 13.1 Å². The minimum Gasteiger partial charge on any atom is -0.491 e. The van der Waals surface area contributed by atoms with Crippen molar-refractivity contribution in [3.63, 3.8) is 0 Å². The van der Waals surface area contributed by atoms with Crippen LogP contribution >= 0.6 is 0 Å². The van der Waals surface area contributed by atoms with Gasteiger partial charge in [0.2, 0.25) is 0 Å². The van der Waals surface area contributed by atoms with E-state index in [2.05, 4.69) is 53.2 Å². The average Bonchev–Trinajstić information content (AvgIpc) is 3.02. The predicted octanol–water partition coefficient (Wildman–Crippen LogP) is 3.45. The molecule has 2 aromatic rings. The molecular formula is C20H30N4O. The van der Waals surface area contributed by atoms with E-state index in [1.807, 2.05) is 11.6 Å². The van der Waals surface area contributed by atoms with E-state index >= 15 is 0 Å². The number of piperidine rings is 1. The zero-order valence-electron chi connectivity index (χ0n) is 15.7. The van der Waals surface area contributed by atoms with Crippen molar-refractivity contribution in [1.82, 2.24) is 19.7 Å². The van der Waals surface area contributed by atoms with Crippen molar-refractivity contribution in [1.29, 1.82) is 0 Å². The molecule has 0 N–H and O–H groups in total. The number of nitrogens with zero attached hydrogens (tertiary/aromatic N) is 4. The molecule has 0 unspecified atom stereocenters. The number of likely N-dealkylation sites (tertiary alicyclic amines) is 1. The van der Waals surface area contributed by atoms with Crippen LogP contribution in [0.3, 0.4) is 0 Å². The van der Waals surface area contributed by atoms with Crippen LogP contribution < -0.4 is 4.74 Å². The van der Waals surface area contributed by atoms with Gasteiger partial charge in [0, 0.05) is 20.0 Å². The fraction of sp³-hybridized carbons (Fsp3) is 0.600. The van der Waals surface area contributed by atoms with Crippen LogP contribution in [0, 0.1) is 5.92 Å². The molecule has 1 fully saturated rings. The molecule has 1 aromatic heterocycles. The van der Waals surface area contributed by atoms with E-state index in [9.17, 15) is 0 Å². The highest BCUT2D eigenvalue weighted by Crippen LogP contribution is 2.23. The van der Waals surface area contributed by atoms with Crippen LogP contribution in [0.15, 0.2) is 30.6 Å². The van der Waals surface area contributed by atoms with Gasteiger partial charge in [0.15, 0.2) is 0 Å². The summed E-state index contributed by atoms with van der Waals surface area (Å²) in [4.78, 5) is 2.55. The third-order valence-corrected chi connectivity index (χ3v) is 5.20. The summed E-state index contributed by atoms with van der Waals surface area (Å²) < 4.78 is 7.98. The quantitative estimate of drug-likeness (QED) is 0.773. The first-order valence-electron chi connectivity index (χ1n) is 9.45. The Labute approximate surface area is 151 Å². The van der Waals surface area contributed by atoms with Gasteiger partial charge in [0.05, 0.1) is 6.10 Å². The molecule has 1 aromatic carbocycles. The van der Waals surface area contributed by atoms with Gasteiger partial charge in [0.25, 0.3) is 0 Å². The number of aryl methyl sites for hydroxylation is 1. The van der Waals surface area contributed by atoms with E-state index in [4.69, 9.17) is 4.74 Å². The number of benzene rings is 1. The second kappa shape index (κ2) is 8.48. The summed E-state index contributed by atoms with van der Waals surface area (Å²) in [6.07, 6.45) is 6.60. The van der Waals surface area contributed by atoms with Gasteiger partial charge in [-0.25, -0.2) is 0 Å². The summed E-state index contributed by atoms with van der Waals surface area (Å²) in [6.45, 7) is 7.58. The number of rotatable bonds is 7. The summed E-state index contributed by atoms with van der Waals surface area (Å²) in [7, 11) is 2.03. The molecule has 0 spiro atoms. The summed E-state index contributed by atoms with van der Waals surface area (Å²) in [6, 6.07) is 8.56. The fourth-order valence-corrected chi connectivity index (χ4v) is 3.39. The largest absolute Gasteiger partial charge is 0.491 e. The average molecular weight is 342 g/mol. The van der Waals surface area contributed by atoms with E-state index < -0.39 is 0 Å². The number of hydrogen-bond donors (Lipinski definition) is 0. The summed E-state index contributed by atoms with van der Waals surface area (Å²) in [5.41, 5.74) is 1.34. The molecule has 1 aliphatic rings. The third kappa shape index (κ3) is 5.05. The molecule has 0 amide bonds. The topological polar surface area (TPSA) is 43.2 Å². The Balaban J connectivity index is 1.49. The highest BCUT2D eigenvalue weighted by Gasteiger charge is 2.21. The molecule has 25 heavy (non-hydrogen) atoms. The van der Waals surface area contributed by atoms with Crippen LogP contribution in [0.2, 0.25) is 0 Å². The molecule has 2 heterocycles. The van der Waals surface area contributed by atoms with Crippen molar-refractivity contribution >= 4 is 0 Å². The minimum absolute atomic E-state index is 0.270. The third-order valence-electron chi connectivity index (χ3n) is 5.20. The number of aromatic nitrogens is 3. The molecule has 1 atom stereocenters. The smallest absolute Gasteiger partial charge is 0.132 e. The number of ether oxygens (including phenoxy) is 1. The molecule has 1 saturated heterocycles. The van der Waals surface area contributed by atoms with Gasteiger partial charge < -0.3 is 9.30 Å². The lowest BCUT2D eigenvalue weighted by molar-refractivity contribution is 0.175. The Bertz CT molecular complexity index is 661. The lowest BCUT2D eigenvalue weighted by Crippen LogP contribution is -2.34. The first-order valence-corrected chi connectivity index (χ1v) is 9.45. The van der Waals surface area contributed by atoms with E-state index in [0.717, 1.165) is 50.0 Å². The maximum atomic E-state index is 5.95. The van der Waals surface area contributed by atoms with Crippen molar-refractivity contribution in [2.45, 2.75) is 52.2 Å². The van der Waals surface area contributed by atoms with Crippen LogP contribution in [0.4, 0.5) is 0 Å². The van der Waals surface area contributed by atoms with Gasteiger partial charge in [-0.2, -0.15) is 0 Å². The molecule has 5 heteroatoms. The van der Waals surface area contributed by atoms with Crippen LogP contribution in [0.1, 0.15) is 44.5 Å². The molecule has 3 rings (SSSR count). The van der Waals surface area contributed by atoms with E-state index in [1.54, 1.807) is 6.33 Å². The van der Waals surface area contributed by atoms with Gasteiger partial charge in [-0.1, -0.05) is 19.1 Å². The van der Waals surface area contributed by atoms with Gasteiger partial charge in [-0.05, 0) is 62.9 Å². The Hall–Kier alpha value is -1.88. The van der Waals surface area contributed by atoms with Crippen molar-refractivity contribution in [3.05, 3.63) is 42.0 Å². The van der Waals surface area contributed by atoms with Crippen LogP contribution in [-0.2, 0) is 20.0 Å². The first-order chi connectivity index (χ1) is 12.1. The normalized spacial score (nSPS) is 17.6. The summed E-state index contributed by atoms with van der Waals surface area (Å²) >= 11 is 0. The van der Waals surface area contributed by atoms with Gasteiger partial charge >= 0.3 is 0 Å². The van der Waals surface area contributed by atoms with Crippen LogP contribution in [0.5, 0.6) is 5.75 Å². The lowest BCUT2D eigenvalue weighted by atomic mass is 9.93. The van der Waals surface area contributed by atoms with Crippen molar-refractivity contribution in [2.24, 2.45) is 13.0 Å². The van der Waals surface area contributed by atoms with Gasteiger partial charge in [0.1, 0.15) is 17.9 Å². The van der Waals surface area contributed by atoms with Gasteiger partial charge in [-0.3, -0.25) is 4.90 Å². The standard InChI is InChI=1S/C20H30N4O/c1-4-16(2)25-19-7-5-6-18(12-19)14-24-10-8-17(9-11-24)13-20-22-21-15-23(20)3/h5-7,12,15-17H,4,8-11,13-14H2,1-3H3/t16-/m1/s1. The molecule has 0 radical (unpaired) electrons. The predicted molar refractivity (Wildman–Crippen MR) is 99.5 cm³/mol. The van der Waals surface area contributed by atoms with Crippen molar-refractivity contribution < 1.29 is 4.74 Å². The Morgan fingerprint density at radius 2 is 2.08 bits per heavy atom. The zero-order chi connectivity index (χ0) is 17.6. The van der Waals surface area contributed by atoms with Crippen LogP contribution in [0.25, 0.3) is 0 Å².